The number of carbonyl (C=O) groups is 1. The lowest BCUT2D eigenvalue weighted by atomic mass is 10.1. The number of halogens is 2. The highest BCUT2D eigenvalue weighted by molar-refractivity contribution is 6.36. The summed E-state index contributed by atoms with van der Waals surface area (Å²) in [4.78, 5) is 17.4. The van der Waals surface area contributed by atoms with Gasteiger partial charge in [0.1, 0.15) is 5.82 Å². The largest absolute Gasteiger partial charge is 0.348 e. The van der Waals surface area contributed by atoms with Crippen molar-refractivity contribution < 1.29 is 4.79 Å². The van der Waals surface area contributed by atoms with Gasteiger partial charge in [-0.2, -0.15) is 9.61 Å². The second kappa shape index (κ2) is 9.78. The van der Waals surface area contributed by atoms with Gasteiger partial charge in [-0.15, -0.1) is 0 Å². The molecule has 35 heavy (non-hydrogen) atoms. The molecule has 0 radical (unpaired) electrons. The van der Waals surface area contributed by atoms with Gasteiger partial charge in [-0.1, -0.05) is 59.6 Å². The average Bonchev–Trinajstić information content (AvgIpc) is 3.25. The molecule has 6 nitrogen and oxygen atoms in total. The Hall–Kier alpha value is -3.87. The number of fused-ring (bicyclic) bond motifs is 1. The monoisotopic (exact) mass is 501 g/mol. The molecular weight excluding hydrogens is 481 g/mol. The lowest BCUT2D eigenvalue weighted by molar-refractivity contribution is 0.0951. The van der Waals surface area contributed by atoms with Crippen molar-refractivity contribution in [2.24, 2.45) is 0 Å². The number of nitrogens with one attached hydrogen (secondary N) is 2. The van der Waals surface area contributed by atoms with E-state index in [-0.39, 0.29) is 12.5 Å². The maximum atomic E-state index is 12.6. The van der Waals surface area contributed by atoms with Crippen LogP contribution >= 0.6 is 23.2 Å². The second-order valence-electron chi connectivity index (χ2n) is 8.03. The van der Waals surface area contributed by atoms with Crippen molar-refractivity contribution in [3.8, 4) is 11.3 Å². The fourth-order valence-electron chi connectivity index (χ4n) is 3.76. The van der Waals surface area contributed by atoms with Gasteiger partial charge in [0.25, 0.3) is 5.91 Å². The van der Waals surface area contributed by atoms with Gasteiger partial charge in [-0.3, -0.25) is 4.79 Å². The summed E-state index contributed by atoms with van der Waals surface area (Å²) in [5.41, 5.74) is 5.51. The molecule has 0 atom stereocenters. The Kier molecular flexibility index (Phi) is 6.40. The Morgan fingerprint density at radius 2 is 1.63 bits per heavy atom. The highest BCUT2D eigenvalue weighted by atomic mass is 35.5. The van der Waals surface area contributed by atoms with Gasteiger partial charge in [0.2, 0.25) is 0 Å². The topological polar surface area (TPSA) is 71.3 Å². The highest BCUT2D eigenvalue weighted by Gasteiger charge is 2.12. The highest BCUT2D eigenvalue weighted by Crippen LogP contribution is 2.26. The smallest absolute Gasteiger partial charge is 0.251 e. The van der Waals surface area contributed by atoms with Gasteiger partial charge in [-0.05, 0) is 43.3 Å². The van der Waals surface area contributed by atoms with Crippen molar-refractivity contribution in [1.82, 2.24) is 19.9 Å². The molecule has 2 N–H and O–H groups in total. The van der Waals surface area contributed by atoms with Crippen LogP contribution in [-0.4, -0.2) is 20.5 Å². The maximum absolute atomic E-state index is 12.6. The molecule has 0 bridgehead atoms. The van der Waals surface area contributed by atoms with Crippen LogP contribution in [0.4, 0.5) is 11.5 Å². The zero-order valence-electron chi connectivity index (χ0n) is 18.8. The molecule has 5 aromatic rings. The van der Waals surface area contributed by atoms with Crippen molar-refractivity contribution in [1.29, 1.82) is 0 Å². The molecule has 8 heteroatoms. The van der Waals surface area contributed by atoms with Gasteiger partial charge in [0.15, 0.2) is 5.65 Å². The van der Waals surface area contributed by atoms with Crippen molar-refractivity contribution in [3.63, 3.8) is 0 Å². The van der Waals surface area contributed by atoms with Crippen molar-refractivity contribution >= 4 is 46.3 Å². The summed E-state index contributed by atoms with van der Waals surface area (Å²) >= 11 is 12.4. The van der Waals surface area contributed by atoms with E-state index in [0.717, 1.165) is 34.1 Å². The number of benzene rings is 3. The molecule has 1 amide bonds. The van der Waals surface area contributed by atoms with E-state index in [1.165, 1.54) is 0 Å². The van der Waals surface area contributed by atoms with Gasteiger partial charge in [0.05, 0.1) is 11.4 Å². The Balaban J connectivity index is 1.36. The molecule has 0 aliphatic rings. The van der Waals surface area contributed by atoms with Crippen LogP contribution in [0, 0.1) is 6.92 Å². The first-order valence-electron chi connectivity index (χ1n) is 11.0. The molecule has 0 aliphatic heterocycles. The molecule has 0 saturated heterocycles. The molecule has 3 aromatic carbocycles. The first-order valence-corrected chi connectivity index (χ1v) is 11.7. The number of hydrogen-bond acceptors (Lipinski definition) is 4. The Morgan fingerprint density at radius 3 is 2.34 bits per heavy atom. The number of hydrogen-bond donors (Lipinski definition) is 2. The molecule has 174 valence electrons. The van der Waals surface area contributed by atoms with E-state index >= 15 is 0 Å². The number of nitrogens with zero attached hydrogens (tertiary/aromatic N) is 3. The summed E-state index contributed by atoms with van der Waals surface area (Å²) in [6.07, 6.45) is 0. The molecular formula is C27H21Cl2N5O. The van der Waals surface area contributed by atoms with E-state index in [1.54, 1.807) is 34.8 Å². The predicted octanol–water partition coefficient (Wildman–Crippen LogP) is 6.69. The summed E-state index contributed by atoms with van der Waals surface area (Å²) in [5.74, 6) is 0.556. The Morgan fingerprint density at radius 1 is 0.914 bits per heavy atom. The fourth-order valence-corrected chi connectivity index (χ4v) is 4.29. The lowest BCUT2D eigenvalue weighted by Gasteiger charge is -2.12. The number of anilines is 2. The van der Waals surface area contributed by atoms with Crippen LogP contribution < -0.4 is 10.6 Å². The summed E-state index contributed by atoms with van der Waals surface area (Å²) in [7, 11) is 0. The van der Waals surface area contributed by atoms with Gasteiger partial charge in [0, 0.05) is 51.1 Å². The van der Waals surface area contributed by atoms with E-state index in [4.69, 9.17) is 28.2 Å². The summed E-state index contributed by atoms with van der Waals surface area (Å²) < 4.78 is 1.77. The zero-order chi connectivity index (χ0) is 24.4. The summed E-state index contributed by atoms with van der Waals surface area (Å²) in [5, 5.41) is 11.9. The van der Waals surface area contributed by atoms with E-state index in [2.05, 4.69) is 15.7 Å². The van der Waals surface area contributed by atoms with E-state index in [0.29, 0.717) is 21.2 Å². The molecule has 2 heterocycles. The van der Waals surface area contributed by atoms with Crippen molar-refractivity contribution in [2.45, 2.75) is 13.5 Å². The van der Waals surface area contributed by atoms with Gasteiger partial charge >= 0.3 is 0 Å². The number of carbonyl (C=O) groups excluding carboxylic acids is 1. The third-order valence-corrected chi connectivity index (χ3v) is 6.23. The molecule has 5 rings (SSSR count). The molecule has 0 fully saturated rings. The van der Waals surface area contributed by atoms with Crippen molar-refractivity contribution in [2.75, 3.05) is 5.32 Å². The first-order chi connectivity index (χ1) is 17.0. The van der Waals surface area contributed by atoms with Crippen LogP contribution in [0.5, 0.6) is 0 Å². The summed E-state index contributed by atoms with van der Waals surface area (Å²) in [6, 6.07) is 26.4. The van der Waals surface area contributed by atoms with Crippen LogP contribution in [0.2, 0.25) is 10.0 Å². The number of amides is 1. The number of rotatable bonds is 6. The lowest BCUT2D eigenvalue weighted by Crippen LogP contribution is -2.23. The van der Waals surface area contributed by atoms with Crippen LogP contribution in [0.1, 0.15) is 21.6 Å². The molecule has 0 aliphatic carbocycles. The standard InChI is InChI=1S/C27H21Cl2N5O/c1-17-14-25-32-24(18-6-3-2-4-7-18)15-26(34(25)33-17)31-20-12-10-19(11-13-20)27(35)30-16-21-22(28)8-5-9-23(21)29/h2-15,31H,16H2,1H3,(H,30,35). The minimum absolute atomic E-state index is 0.215. The van der Waals surface area contributed by atoms with Crippen LogP contribution in [0.3, 0.4) is 0 Å². The molecule has 0 spiro atoms. The van der Waals surface area contributed by atoms with Crippen LogP contribution in [0.25, 0.3) is 16.9 Å². The minimum atomic E-state index is -0.215. The van der Waals surface area contributed by atoms with Crippen LogP contribution in [-0.2, 0) is 6.54 Å². The van der Waals surface area contributed by atoms with Crippen LogP contribution in [0.15, 0.2) is 84.9 Å². The quantitative estimate of drug-likeness (QED) is 0.272. The Bertz CT molecular complexity index is 1490. The third-order valence-electron chi connectivity index (χ3n) is 5.53. The normalized spacial score (nSPS) is 10.9. The predicted molar refractivity (Wildman–Crippen MR) is 141 cm³/mol. The average molecular weight is 502 g/mol. The molecule has 0 unspecified atom stereocenters. The molecule has 2 aromatic heterocycles. The second-order valence-corrected chi connectivity index (χ2v) is 8.85. The Labute approximate surface area is 212 Å². The van der Waals surface area contributed by atoms with Gasteiger partial charge in [-0.25, -0.2) is 4.98 Å². The third kappa shape index (κ3) is 4.99. The van der Waals surface area contributed by atoms with E-state index < -0.39 is 0 Å². The van der Waals surface area contributed by atoms with E-state index in [1.807, 2.05) is 61.5 Å². The maximum Gasteiger partial charge on any atom is 0.251 e. The number of aromatic nitrogens is 3. The fraction of sp³-hybridized carbons (Fsp3) is 0.0741. The minimum Gasteiger partial charge on any atom is -0.348 e. The van der Waals surface area contributed by atoms with Crippen molar-refractivity contribution in [3.05, 3.63) is 112 Å². The summed E-state index contributed by atoms with van der Waals surface area (Å²) in [6.45, 7) is 2.18. The first kappa shape index (κ1) is 22.9. The SMILES string of the molecule is Cc1cc2nc(-c3ccccc3)cc(Nc3ccc(C(=O)NCc4c(Cl)cccc4Cl)cc3)n2n1. The van der Waals surface area contributed by atoms with E-state index in [9.17, 15) is 4.79 Å². The zero-order valence-corrected chi connectivity index (χ0v) is 20.3. The number of aryl methyl sites for hydroxylation is 1. The van der Waals surface area contributed by atoms with Gasteiger partial charge < -0.3 is 10.6 Å². The molecule has 0 saturated carbocycles.